The second-order valence-electron chi connectivity index (χ2n) is 9.20. The van der Waals surface area contributed by atoms with Crippen molar-refractivity contribution in [3.05, 3.63) is 82.9 Å². The monoisotopic (exact) mass is 522 g/mol. The van der Waals surface area contributed by atoms with E-state index in [9.17, 15) is 13.2 Å². The molecule has 0 N–H and O–H groups in total. The van der Waals surface area contributed by atoms with Gasteiger partial charge in [0, 0.05) is 19.6 Å². The van der Waals surface area contributed by atoms with Crippen LogP contribution in [0.1, 0.15) is 22.3 Å². The minimum absolute atomic E-state index is 0.131. The van der Waals surface area contributed by atoms with E-state index in [0.717, 1.165) is 22.3 Å². The number of amides is 1. The highest BCUT2D eigenvalue weighted by Gasteiger charge is 2.41. The summed E-state index contributed by atoms with van der Waals surface area (Å²) < 4.78 is 45.1. The van der Waals surface area contributed by atoms with E-state index in [1.807, 2.05) is 36.4 Å². The van der Waals surface area contributed by atoms with E-state index in [-0.39, 0.29) is 17.3 Å². The summed E-state index contributed by atoms with van der Waals surface area (Å²) in [7, 11) is 0.761. The fourth-order valence-electron chi connectivity index (χ4n) is 5.13. The molecule has 0 aromatic heterocycles. The molecule has 0 fully saturated rings. The van der Waals surface area contributed by atoms with Gasteiger partial charge in [0.1, 0.15) is 11.8 Å². The number of carbonyl (C=O) groups is 1. The van der Waals surface area contributed by atoms with E-state index in [4.69, 9.17) is 14.2 Å². The number of hydrogen-bond acceptors (Lipinski definition) is 6. The van der Waals surface area contributed by atoms with Crippen molar-refractivity contribution in [2.45, 2.75) is 36.9 Å². The van der Waals surface area contributed by atoms with E-state index in [1.165, 1.54) is 23.5 Å². The van der Waals surface area contributed by atoms with Crippen LogP contribution in [0.25, 0.3) is 0 Å². The highest BCUT2D eigenvalue weighted by Crippen LogP contribution is 2.35. The third-order valence-electron chi connectivity index (χ3n) is 7.19. The van der Waals surface area contributed by atoms with Crippen molar-refractivity contribution in [3.8, 4) is 17.2 Å². The molecular weight excluding hydrogens is 492 g/mol. The summed E-state index contributed by atoms with van der Waals surface area (Å²) in [6.07, 6.45) is 0.968. The number of nitrogens with zero attached hydrogens (tertiary/aromatic N) is 2. The Hall–Kier alpha value is -3.56. The number of rotatable bonds is 6. The molecule has 0 bridgehead atoms. The van der Waals surface area contributed by atoms with Crippen LogP contribution in [0.3, 0.4) is 0 Å². The molecule has 2 aliphatic rings. The number of hydrogen-bond donors (Lipinski definition) is 0. The molecule has 2 aliphatic heterocycles. The Balaban J connectivity index is 1.48. The van der Waals surface area contributed by atoms with Crippen LogP contribution < -0.4 is 14.2 Å². The maximum absolute atomic E-state index is 14.0. The molecule has 3 aromatic rings. The Labute approximate surface area is 217 Å². The Morgan fingerprint density at radius 1 is 0.811 bits per heavy atom. The van der Waals surface area contributed by atoms with Crippen molar-refractivity contribution in [2.75, 3.05) is 27.9 Å². The number of carbonyl (C=O) groups excluding carboxylic acids is 1. The highest BCUT2D eigenvalue weighted by atomic mass is 32.2. The second-order valence-corrected chi connectivity index (χ2v) is 11.1. The third kappa shape index (κ3) is 4.65. The first kappa shape index (κ1) is 25.1. The van der Waals surface area contributed by atoms with Crippen molar-refractivity contribution in [1.29, 1.82) is 0 Å². The maximum atomic E-state index is 14.0. The average Bonchev–Trinajstić information content (AvgIpc) is 2.94. The predicted molar refractivity (Wildman–Crippen MR) is 138 cm³/mol. The highest BCUT2D eigenvalue weighted by molar-refractivity contribution is 7.89. The average molecular weight is 523 g/mol. The van der Waals surface area contributed by atoms with Gasteiger partial charge in [0.2, 0.25) is 15.9 Å². The zero-order valence-electron chi connectivity index (χ0n) is 21.1. The van der Waals surface area contributed by atoms with Gasteiger partial charge in [0.05, 0.1) is 26.2 Å². The van der Waals surface area contributed by atoms with Gasteiger partial charge in [-0.25, -0.2) is 8.42 Å². The van der Waals surface area contributed by atoms with Crippen molar-refractivity contribution in [3.63, 3.8) is 0 Å². The van der Waals surface area contributed by atoms with E-state index >= 15 is 0 Å². The van der Waals surface area contributed by atoms with Gasteiger partial charge >= 0.3 is 0 Å². The fraction of sp³-hybridized carbons (Fsp3) is 0.321. The van der Waals surface area contributed by atoms with Crippen LogP contribution in [0.5, 0.6) is 17.2 Å². The lowest BCUT2D eigenvalue weighted by atomic mass is 9.93. The molecule has 1 amide bonds. The number of methoxy groups -OCH3 is 3. The molecule has 0 saturated carbocycles. The lowest BCUT2D eigenvalue weighted by Crippen LogP contribution is -2.54. The smallest absolute Gasteiger partial charge is 0.244 e. The lowest BCUT2D eigenvalue weighted by molar-refractivity contribution is -0.136. The van der Waals surface area contributed by atoms with E-state index in [2.05, 4.69) is 0 Å². The molecule has 194 valence electrons. The Morgan fingerprint density at radius 2 is 1.46 bits per heavy atom. The minimum atomic E-state index is -3.95. The summed E-state index contributed by atoms with van der Waals surface area (Å²) >= 11 is 0. The summed E-state index contributed by atoms with van der Waals surface area (Å²) in [5.41, 5.74) is 3.96. The summed E-state index contributed by atoms with van der Waals surface area (Å²) in [6.45, 7) is 1.01. The van der Waals surface area contributed by atoms with Crippen molar-refractivity contribution >= 4 is 15.9 Å². The topological polar surface area (TPSA) is 85.4 Å². The maximum Gasteiger partial charge on any atom is 0.244 e. The van der Waals surface area contributed by atoms with Crippen LogP contribution in [0.15, 0.2) is 65.6 Å². The molecular formula is C28H30N2O6S. The van der Waals surface area contributed by atoms with Gasteiger partial charge < -0.3 is 19.1 Å². The van der Waals surface area contributed by atoms with E-state index < -0.39 is 16.1 Å². The predicted octanol–water partition coefficient (Wildman–Crippen LogP) is 3.41. The fourth-order valence-corrected chi connectivity index (χ4v) is 6.69. The Kier molecular flexibility index (Phi) is 6.83. The number of benzene rings is 3. The minimum Gasteiger partial charge on any atom is -0.497 e. The first-order valence-corrected chi connectivity index (χ1v) is 13.5. The van der Waals surface area contributed by atoms with Crippen molar-refractivity contribution in [2.24, 2.45) is 0 Å². The molecule has 0 radical (unpaired) electrons. The second kappa shape index (κ2) is 10.1. The van der Waals surface area contributed by atoms with Gasteiger partial charge in [-0.3, -0.25) is 4.79 Å². The normalized spacial score (nSPS) is 17.5. The number of fused-ring (bicyclic) bond motifs is 2. The van der Waals surface area contributed by atoms with Gasteiger partial charge in [0.15, 0.2) is 11.5 Å². The quantitative estimate of drug-likeness (QED) is 0.493. The zero-order chi connectivity index (χ0) is 26.2. The lowest BCUT2D eigenvalue weighted by Gasteiger charge is -2.39. The van der Waals surface area contributed by atoms with Crippen LogP contribution in [-0.4, -0.2) is 57.4 Å². The van der Waals surface area contributed by atoms with Crippen LogP contribution in [0, 0.1) is 0 Å². The van der Waals surface area contributed by atoms with Gasteiger partial charge in [-0.05, 0) is 71.5 Å². The van der Waals surface area contributed by atoms with Crippen LogP contribution in [0.4, 0.5) is 0 Å². The molecule has 37 heavy (non-hydrogen) atoms. The van der Waals surface area contributed by atoms with Gasteiger partial charge in [0.25, 0.3) is 0 Å². The van der Waals surface area contributed by atoms with Crippen LogP contribution in [0.2, 0.25) is 0 Å². The van der Waals surface area contributed by atoms with Crippen LogP contribution >= 0.6 is 0 Å². The van der Waals surface area contributed by atoms with Gasteiger partial charge in [-0.2, -0.15) is 4.31 Å². The molecule has 0 unspecified atom stereocenters. The number of ether oxygens (including phenoxy) is 3. The van der Waals surface area contributed by atoms with E-state index in [0.29, 0.717) is 43.2 Å². The van der Waals surface area contributed by atoms with Crippen molar-refractivity contribution in [1.82, 2.24) is 9.21 Å². The molecule has 0 spiro atoms. The largest absolute Gasteiger partial charge is 0.497 e. The van der Waals surface area contributed by atoms with Crippen LogP contribution in [-0.2, 0) is 40.7 Å². The summed E-state index contributed by atoms with van der Waals surface area (Å²) in [5.74, 6) is 1.62. The van der Waals surface area contributed by atoms with Gasteiger partial charge in [-0.1, -0.05) is 24.3 Å². The summed E-state index contributed by atoms with van der Waals surface area (Å²) in [5, 5.41) is 0. The van der Waals surface area contributed by atoms with Crippen molar-refractivity contribution < 1.29 is 27.4 Å². The standard InChI is InChI=1S/C28H30N2O6S/c1-34-23-8-10-24(11-9-23)37(32,33)30-18-21-7-5-4-6-19(21)14-25(30)28(31)29-13-12-20-15-26(35-2)27(36-3)16-22(20)17-29/h4-11,15-16,25H,12-14,17-18H2,1-3H3/t25-/m1/s1. The Morgan fingerprint density at radius 3 is 2.11 bits per heavy atom. The molecule has 0 aliphatic carbocycles. The SMILES string of the molecule is COc1ccc(S(=O)(=O)N2Cc3ccccc3C[C@@H]2C(=O)N2CCc3cc(OC)c(OC)cc3C2)cc1. The molecule has 3 aromatic carbocycles. The van der Waals surface area contributed by atoms with Gasteiger partial charge in [-0.15, -0.1) is 0 Å². The first-order chi connectivity index (χ1) is 17.8. The summed E-state index contributed by atoms with van der Waals surface area (Å²) in [6, 6.07) is 17.0. The Bertz CT molecular complexity index is 1420. The first-order valence-electron chi connectivity index (χ1n) is 12.1. The zero-order valence-corrected chi connectivity index (χ0v) is 22.0. The summed E-state index contributed by atoms with van der Waals surface area (Å²) in [4.78, 5) is 15.9. The molecule has 9 heteroatoms. The van der Waals surface area contributed by atoms with E-state index in [1.54, 1.807) is 31.3 Å². The molecule has 2 heterocycles. The molecule has 0 saturated heterocycles. The molecule has 5 rings (SSSR count). The molecule has 1 atom stereocenters. The number of sulfonamides is 1. The third-order valence-corrected chi connectivity index (χ3v) is 9.06. The molecule has 8 nitrogen and oxygen atoms in total.